The molecule has 0 unspecified atom stereocenters. The summed E-state index contributed by atoms with van der Waals surface area (Å²) < 4.78 is 5.73. The van der Waals surface area contributed by atoms with Crippen molar-refractivity contribution in [3.63, 3.8) is 0 Å². The van der Waals surface area contributed by atoms with Gasteiger partial charge in [-0.25, -0.2) is 0 Å². The summed E-state index contributed by atoms with van der Waals surface area (Å²) in [7, 11) is 0. The first-order valence-electron chi connectivity index (χ1n) is 12.6. The third-order valence-electron chi connectivity index (χ3n) is 5.76. The maximum atomic E-state index is 8.39. The van der Waals surface area contributed by atoms with E-state index in [1.165, 1.54) is 109 Å². The van der Waals surface area contributed by atoms with E-state index in [0.717, 1.165) is 18.8 Å². The van der Waals surface area contributed by atoms with Gasteiger partial charge in [-0.2, -0.15) is 0 Å². The molecule has 4 nitrogen and oxygen atoms in total. The fourth-order valence-corrected chi connectivity index (χ4v) is 3.85. The normalized spacial score (nSPS) is 10.7. The maximum Gasteiger partial charge on any atom is 0.119 e. The Morgan fingerprint density at radius 3 is 1.43 bits per heavy atom. The molecular formula is C26H45N3O. The van der Waals surface area contributed by atoms with E-state index in [4.69, 9.17) is 10.3 Å². The summed E-state index contributed by atoms with van der Waals surface area (Å²) in [6.07, 6.45) is 25.1. The minimum absolute atomic E-state index is 0.623. The summed E-state index contributed by atoms with van der Waals surface area (Å²) in [5, 5.41) is 3.56. The Kier molecular flexibility index (Phi) is 18.1. The first-order valence-corrected chi connectivity index (χ1v) is 12.6. The number of unbranched alkanes of at least 4 members (excludes halogenated alkanes) is 17. The van der Waals surface area contributed by atoms with Crippen LogP contribution in [0.15, 0.2) is 29.4 Å². The Balaban J connectivity index is 1.76. The summed E-state index contributed by atoms with van der Waals surface area (Å²) in [4.78, 5) is 2.77. The van der Waals surface area contributed by atoms with E-state index in [9.17, 15) is 0 Å². The first kappa shape index (κ1) is 26.4. The van der Waals surface area contributed by atoms with E-state index >= 15 is 0 Å². The van der Waals surface area contributed by atoms with Gasteiger partial charge >= 0.3 is 0 Å². The largest absolute Gasteiger partial charge is 0.494 e. The molecule has 0 fully saturated rings. The number of ether oxygens (including phenoxy) is 1. The molecule has 0 saturated carbocycles. The molecule has 0 bridgehead atoms. The molecule has 0 aliphatic carbocycles. The number of nitrogens with zero attached hydrogens (tertiary/aromatic N) is 3. The zero-order chi connectivity index (χ0) is 21.5. The minimum Gasteiger partial charge on any atom is -0.494 e. The molecule has 0 amide bonds. The van der Waals surface area contributed by atoms with Gasteiger partial charge in [-0.1, -0.05) is 121 Å². The van der Waals surface area contributed by atoms with Gasteiger partial charge in [0, 0.05) is 10.6 Å². The molecule has 0 aliphatic heterocycles. The molecule has 0 heterocycles. The lowest BCUT2D eigenvalue weighted by Crippen LogP contribution is -1.96. The molecular weight excluding hydrogens is 370 g/mol. The maximum absolute atomic E-state index is 8.39. The van der Waals surface area contributed by atoms with Crippen LogP contribution in [0.25, 0.3) is 10.4 Å². The van der Waals surface area contributed by atoms with Crippen LogP contribution in [0, 0.1) is 0 Å². The zero-order valence-corrected chi connectivity index (χ0v) is 19.5. The molecule has 0 spiro atoms. The summed E-state index contributed by atoms with van der Waals surface area (Å²) >= 11 is 0. The van der Waals surface area contributed by atoms with Gasteiger partial charge in [-0.05, 0) is 36.2 Å². The number of azide groups is 1. The molecule has 1 rings (SSSR count). The molecule has 0 N–H and O–H groups in total. The van der Waals surface area contributed by atoms with Crippen molar-refractivity contribution in [3.05, 3.63) is 34.7 Å². The van der Waals surface area contributed by atoms with Crippen molar-refractivity contribution >= 4 is 5.69 Å². The highest BCUT2D eigenvalue weighted by atomic mass is 16.5. The molecule has 30 heavy (non-hydrogen) atoms. The molecule has 0 aromatic heterocycles. The number of hydrogen-bond donors (Lipinski definition) is 0. The number of benzene rings is 1. The van der Waals surface area contributed by atoms with Gasteiger partial charge < -0.3 is 4.74 Å². The van der Waals surface area contributed by atoms with Crippen molar-refractivity contribution < 1.29 is 4.74 Å². The van der Waals surface area contributed by atoms with Crippen LogP contribution < -0.4 is 4.74 Å². The Morgan fingerprint density at radius 1 is 0.633 bits per heavy atom. The molecule has 1 aromatic rings. The van der Waals surface area contributed by atoms with E-state index in [1.54, 1.807) is 12.1 Å². The van der Waals surface area contributed by atoms with Crippen LogP contribution in [0.1, 0.15) is 122 Å². The predicted octanol–water partition coefficient (Wildman–Crippen LogP) is 10.0. The fraction of sp³-hybridized carbons (Fsp3) is 0.769. The Hall–Kier alpha value is -1.67. The Bertz CT molecular complexity index is 538. The molecule has 0 radical (unpaired) electrons. The molecule has 0 saturated heterocycles. The van der Waals surface area contributed by atoms with Gasteiger partial charge in [0.1, 0.15) is 5.75 Å². The average molecular weight is 416 g/mol. The standard InChI is InChI=1S/C26H45N3O/c1-2-3-4-5-6-7-8-9-10-11-12-13-14-15-16-17-18-19-24-30-26-22-20-25(21-23-26)28-29-27/h20-23H,2-19,24H2,1H3. The fourth-order valence-electron chi connectivity index (χ4n) is 3.85. The van der Waals surface area contributed by atoms with E-state index in [-0.39, 0.29) is 0 Å². The van der Waals surface area contributed by atoms with Crippen LogP contribution in [-0.2, 0) is 0 Å². The van der Waals surface area contributed by atoms with Crippen molar-refractivity contribution in [2.45, 2.75) is 122 Å². The second-order valence-corrected chi connectivity index (χ2v) is 8.54. The van der Waals surface area contributed by atoms with Crippen LogP contribution in [0.3, 0.4) is 0 Å². The van der Waals surface area contributed by atoms with Gasteiger partial charge in [0.15, 0.2) is 0 Å². The lowest BCUT2D eigenvalue weighted by Gasteiger charge is -2.06. The zero-order valence-electron chi connectivity index (χ0n) is 19.5. The quantitative estimate of drug-likeness (QED) is 0.0852. The van der Waals surface area contributed by atoms with E-state index < -0.39 is 0 Å². The van der Waals surface area contributed by atoms with Gasteiger partial charge in [0.2, 0.25) is 0 Å². The molecule has 1 aromatic carbocycles. The topological polar surface area (TPSA) is 58.0 Å². The lowest BCUT2D eigenvalue weighted by molar-refractivity contribution is 0.304. The highest BCUT2D eigenvalue weighted by Gasteiger charge is 1.97. The number of rotatable bonds is 21. The van der Waals surface area contributed by atoms with Crippen molar-refractivity contribution in [2.24, 2.45) is 5.11 Å². The third kappa shape index (κ3) is 16.2. The van der Waals surface area contributed by atoms with Crippen LogP contribution in [-0.4, -0.2) is 6.61 Å². The Morgan fingerprint density at radius 2 is 1.03 bits per heavy atom. The highest BCUT2D eigenvalue weighted by molar-refractivity contribution is 5.40. The second-order valence-electron chi connectivity index (χ2n) is 8.54. The average Bonchev–Trinajstić information content (AvgIpc) is 2.76. The van der Waals surface area contributed by atoms with Crippen LogP contribution in [0.4, 0.5) is 5.69 Å². The molecule has 4 heteroatoms. The number of hydrogen-bond acceptors (Lipinski definition) is 2. The van der Waals surface area contributed by atoms with Gasteiger partial charge in [0.05, 0.1) is 6.61 Å². The summed E-state index contributed by atoms with van der Waals surface area (Å²) in [5.74, 6) is 0.846. The Labute approximate surface area is 185 Å². The molecule has 170 valence electrons. The van der Waals surface area contributed by atoms with E-state index in [0.29, 0.717) is 5.69 Å². The molecule has 0 atom stereocenters. The van der Waals surface area contributed by atoms with Crippen molar-refractivity contribution in [2.75, 3.05) is 6.61 Å². The monoisotopic (exact) mass is 415 g/mol. The summed E-state index contributed by atoms with van der Waals surface area (Å²) in [6, 6.07) is 7.28. The predicted molar refractivity (Wildman–Crippen MR) is 130 cm³/mol. The van der Waals surface area contributed by atoms with Crippen LogP contribution in [0.2, 0.25) is 0 Å². The van der Waals surface area contributed by atoms with E-state index in [2.05, 4.69) is 16.9 Å². The van der Waals surface area contributed by atoms with E-state index in [1.807, 2.05) is 12.1 Å². The SMILES string of the molecule is CCCCCCCCCCCCCCCCCCCCOc1ccc(N=[N+]=[N-])cc1. The van der Waals surface area contributed by atoms with Gasteiger partial charge in [0.25, 0.3) is 0 Å². The second kappa shape index (κ2) is 20.6. The van der Waals surface area contributed by atoms with Crippen molar-refractivity contribution in [1.82, 2.24) is 0 Å². The first-order chi connectivity index (χ1) is 14.9. The van der Waals surface area contributed by atoms with Gasteiger partial charge in [-0.3, -0.25) is 0 Å². The molecule has 0 aliphatic rings. The van der Waals surface area contributed by atoms with Crippen molar-refractivity contribution in [3.8, 4) is 5.75 Å². The summed E-state index contributed by atoms with van der Waals surface area (Å²) in [5.41, 5.74) is 9.02. The highest BCUT2D eigenvalue weighted by Crippen LogP contribution is 2.19. The summed E-state index contributed by atoms with van der Waals surface area (Å²) in [6.45, 7) is 3.05. The van der Waals surface area contributed by atoms with Crippen molar-refractivity contribution in [1.29, 1.82) is 0 Å². The van der Waals surface area contributed by atoms with Crippen LogP contribution >= 0.6 is 0 Å². The lowest BCUT2D eigenvalue weighted by atomic mass is 10.0. The third-order valence-corrected chi connectivity index (χ3v) is 5.76. The minimum atomic E-state index is 0.623. The smallest absolute Gasteiger partial charge is 0.119 e. The van der Waals surface area contributed by atoms with Crippen LogP contribution in [0.5, 0.6) is 5.75 Å². The van der Waals surface area contributed by atoms with Gasteiger partial charge in [-0.15, -0.1) is 0 Å².